The van der Waals surface area contributed by atoms with E-state index in [1.54, 1.807) is 14.2 Å². The summed E-state index contributed by atoms with van der Waals surface area (Å²) >= 11 is 0. The molecule has 0 radical (unpaired) electrons. The van der Waals surface area contributed by atoms with Crippen LogP contribution in [0.1, 0.15) is 5.56 Å². The second kappa shape index (κ2) is 7.46. The highest BCUT2D eigenvalue weighted by Gasteiger charge is 2.13. The summed E-state index contributed by atoms with van der Waals surface area (Å²) in [5.74, 6) is 4.33. The Morgan fingerprint density at radius 3 is 1.68 bits per heavy atom. The van der Waals surface area contributed by atoms with Crippen molar-refractivity contribution in [3.8, 4) is 23.8 Å². The second-order valence-electron chi connectivity index (χ2n) is 5.43. The summed E-state index contributed by atoms with van der Waals surface area (Å²) in [6.45, 7) is 0. The maximum absolute atomic E-state index is 5.57. The summed E-state index contributed by atoms with van der Waals surface area (Å²) in [6.07, 6.45) is 5.57. The van der Waals surface area contributed by atoms with Gasteiger partial charge in [0.25, 0.3) is 0 Å². The molecular weight excluding hydrogens is 310 g/mol. The van der Waals surface area contributed by atoms with E-state index in [1.165, 1.54) is 0 Å². The lowest BCUT2D eigenvalue weighted by Gasteiger charge is -2.26. The third-order valence-corrected chi connectivity index (χ3v) is 3.93. The molecule has 0 amide bonds. The highest BCUT2D eigenvalue weighted by Crippen LogP contribution is 2.36. The van der Waals surface area contributed by atoms with Crippen LogP contribution in [-0.2, 0) is 0 Å². The Hall–Kier alpha value is -3.38. The summed E-state index contributed by atoms with van der Waals surface area (Å²) in [5.41, 5.74) is 3.86. The van der Waals surface area contributed by atoms with Crippen molar-refractivity contribution >= 4 is 17.1 Å². The first-order valence-corrected chi connectivity index (χ1v) is 7.90. The van der Waals surface area contributed by atoms with Gasteiger partial charge in [0.05, 0.1) is 14.2 Å². The molecule has 0 spiro atoms. The molecule has 0 N–H and O–H groups in total. The van der Waals surface area contributed by atoms with Crippen LogP contribution in [0.3, 0.4) is 0 Å². The van der Waals surface area contributed by atoms with E-state index < -0.39 is 0 Å². The van der Waals surface area contributed by atoms with Gasteiger partial charge in [0.2, 0.25) is 0 Å². The van der Waals surface area contributed by atoms with Gasteiger partial charge in [0, 0.05) is 22.6 Å². The van der Waals surface area contributed by atoms with E-state index in [1.807, 2.05) is 72.8 Å². The maximum Gasteiger partial charge on any atom is 0.119 e. The van der Waals surface area contributed by atoms with Crippen LogP contribution in [0.25, 0.3) is 0 Å². The average Bonchev–Trinajstić information content (AvgIpc) is 2.69. The van der Waals surface area contributed by atoms with Crippen molar-refractivity contribution < 1.29 is 9.47 Å². The number of ether oxygens (including phenoxy) is 2. The highest BCUT2D eigenvalue weighted by atomic mass is 16.5. The molecule has 0 bridgehead atoms. The quantitative estimate of drug-likeness (QED) is 0.604. The molecule has 0 atom stereocenters. The number of anilines is 3. The molecule has 3 aromatic carbocycles. The Balaban J connectivity index is 2.10. The molecule has 0 fully saturated rings. The van der Waals surface area contributed by atoms with Crippen molar-refractivity contribution in [1.82, 2.24) is 0 Å². The molecule has 0 aliphatic heterocycles. The van der Waals surface area contributed by atoms with E-state index in [2.05, 4.69) is 10.8 Å². The van der Waals surface area contributed by atoms with Gasteiger partial charge in [-0.3, -0.25) is 0 Å². The van der Waals surface area contributed by atoms with Crippen LogP contribution in [0.2, 0.25) is 0 Å². The molecule has 0 saturated carbocycles. The van der Waals surface area contributed by atoms with Crippen molar-refractivity contribution in [1.29, 1.82) is 0 Å². The van der Waals surface area contributed by atoms with E-state index >= 15 is 0 Å². The van der Waals surface area contributed by atoms with E-state index in [4.69, 9.17) is 15.9 Å². The van der Waals surface area contributed by atoms with Crippen LogP contribution < -0.4 is 14.4 Å². The number of terminal acetylenes is 1. The van der Waals surface area contributed by atoms with Gasteiger partial charge in [0.1, 0.15) is 11.5 Å². The second-order valence-corrected chi connectivity index (χ2v) is 5.43. The fourth-order valence-electron chi connectivity index (χ4n) is 2.64. The summed E-state index contributed by atoms with van der Waals surface area (Å²) in [6, 6.07) is 23.8. The van der Waals surface area contributed by atoms with E-state index in [9.17, 15) is 0 Å². The molecular formula is C22H19NO2. The zero-order chi connectivity index (χ0) is 17.6. The molecule has 25 heavy (non-hydrogen) atoms. The number of benzene rings is 3. The minimum absolute atomic E-state index is 0.816. The number of hydrogen-bond donors (Lipinski definition) is 0. The lowest BCUT2D eigenvalue weighted by molar-refractivity contribution is 0.415. The Bertz CT molecular complexity index is 830. The Kier molecular flexibility index (Phi) is 4.92. The smallest absolute Gasteiger partial charge is 0.119 e. The molecule has 0 aliphatic rings. The van der Waals surface area contributed by atoms with Gasteiger partial charge in [-0.15, -0.1) is 6.42 Å². The van der Waals surface area contributed by atoms with Crippen LogP contribution >= 0.6 is 0 Å². The highest BCUT2D eigenvalue weighted by molar-refractivity contribution is 5.77. The van der Waals surface area contributed by atoms with Crippen molar-refractivity contribution in [3.63, 3.8) is 0 Å². The SMILES string of the molecule is C#Cc1cccc(N(c2ccc(OC)cc2)c2ccc(OC)cc2)c1. The van der Waals surface area contributed by atoms with E-state index in [0.29, 0.717) is 0 Å². The summed E-state index contributed by atoms with van der Waals surface area (Å²) in [4.78, 5) is 2.14. The third-order valence-electron chi connectivity index (χ3n) is 3.93. The molecule has 3 heteroatoms. The van der Waals surface area contributed by atoms with E-state index in [0.717, 1.165) is 34.1 Å². The van der Waals surface area contributed by atoms with Crippen molar-refractivity contribution in [2.75, 3.05) is 19.1 Å². The number of rotatable bonds is 5. The first kappa shape index (κ1) is 16.5. The van der Waals surface area contributed by atoms with Crippen molar-refractivity contribution in [2.24, 2.45) is 0 Å². The number of methoxy groups -OCH3 is 2. The first-order valence-electron chi connectivity index (χ1n) is 7.90. The van der Waals surface area contributed by atoms with Crippen LogP contribution in [0.4, 0.5) is 17.1 Å². The molecule has 0 unspecified atom stereocenters. The first-order chi connectivity index (χ1) is 12.2. The molecule has 0 aliphatic carbocycles. The Morgan fingerprint density at radius 1 is 0.720 bits per heavy atom. The summed E-state index contributed by atoms with van der Waals surface area (Å²) in [5, 5.41) is 0. The van der Waals surface area contributed by atoms with Gasteiger partial charge in [-0.05, 0) is 66.7 Å². The fraction of sp³-hybridized carbons (Fsp3) is 0.0909. The van der Waals surface area contributed by atoms with Crippen LogP contribution in [0, 0.1) is 12.3 Å². The summed E-state index contributed by atoms with van der Waals surface area (Å²) in [7, 11) is 3.32. The van der Waals surface area contributed by atoms with Crippen LogP contribution in [0.15, 0.2) is 72.8 Å². The molecule has 3 nitrogen and oxygen atoms in total. The van der Waals surface area contributed by atoms with Gasteiger partial charge in [-0.1, -0.05) is 12.0 Å². The van der Waals surface area contributed by atoms with Gasteiger partial charge < -0.3 is 14.4 Å². The largest absolute Gasteiger partial charge is 0.497 e. The zero-order valence-corrected chi connectivity index (χ0v) is 14.3. The lowest BCUT2D eigenvalue weighted by atomic mass is 10.1. The zero-order valence-electron chi connectivity index (χ0n) is 14.3. The van der Waals surface area contributed by atoms with Crippen molar-refractivity contribution in [2.45, 2.75) is 0 Å². The molecule has 0 saturated heterocycles. The van der Waals surface area contributed by atoms with Gasteiger partial charge >= 0.3 is 0 Å². The minimum atomic E-state index is 0.816. The lowest BCUT2D eigenvalue weighted by Crippen LogP contribution is -2.10. The van der Waals surface area contributed by atoms with Gasteiger partial charge in [0.15, 0.2) is 0 Å². The monoisotopic (exact) mass is 329 g/mol. The maximum atomic E-state index is 5.57. The average molecular weight is 329 g/mol. The molecule has 0 heterocycles. The van der Waals surface area contributed by atoms with Gasteiger partial charge in [-0.2, -0.15) is 0 Å². The standard InChI is InChI=1S/C22H19NO2/c1-4-17-6-5-7-20(16-17)23(18-8-12-21(24-2)13-9-18)19-10-14-22(25-3)15-11-19/h1,5-16H,2-3H3. The van der Waals surface area contributed by atoms with Crippen LogP contribution in [0.5, 0.6) is 11.5 Å². The molecule has 3 rings (SSSR count). The third kappa shape index (κ3) is 3.59. The molecule has 124 valence electrons. The fourth-order valence-corrected chi connectivity index (χ4v) is 2.64. The predicted octanol–water partition coefficient (Wildman–Crippen LogP) is 5.15. The van der Waals surface area contributed by atoms with E-state index in [-0.39, 0.29) is 0 Å². The van der Waals surface area contributed by atoms with Gasteiger partial charge in [-0.25, -0.2) is 0 Å². The Morgan fingerprint density at radius 2 is 1.24 bits per heavy atom. The molecule has 0 aromatic heterocycles. The minimum Gasteiger partial charge on any atom is -0.497 e. The topological polar surface area (TPSA) is 21.7 Å². The van der Waals surface area contributed by atoms with Crippen molar-refractivity contribution in [3.05, 3.63) is 78.4 Å². The summed E-state index contributed by atoms with van der Waals surface area (Å²) < 4.78 is 10.5. The number of nitrogens with zero attached hydrogens (tertiary/aromatic N) is 1. The number of hydrogen-bond acceptors (Lipinski definition) is 3. The normalized spacial score (nSPS) is 9.96. The predicted molar refractivity (Wildman–Crippen MR) is 102 cm³/mol. The molecule has 3 aromatic rings. The van der Waals surface area contributed by atoms with Crippen LogP contribution in [-0.4, -0.2) is 14.2 Å². The Labute approximate surface area is 148 Å².